The Morgan fingerprint density at radius 1 is 1.35 bits per heavy atom. The molecular weight excluding hydrogens is 264 g/mol. The van der Waals surface area contributed by atoms with Crippen molar-refractivity contribution in [2.24, 2.45) is 0 Å². The summed E-state index contributed by atoms with van der Waals surface area (Å²) in [6.07, 6.45) is 1.35. The maximum absolute atomic E-state index is 11.6. The van der Waals surface area contributed by atoms with Crippen LogP contribution in [0.3, 0.4) is 0 Å². The molecule has 0 amide bonds. The average molecular weight is 276 g/mol. The van der Waals surface area contributed by atoms with Gasteiger partial charge in [-0.05, 0) is 0 Å². The number of aromatic amines is 1. The Balaban J connectivity index is 2.48. The van der Waals surface area contributed by atoms with Gasteiger partial charge in [0, 0.05) is 30.9 Å². The Morgan fingerprint density at radius 2 is 2.10 bits per heavy atom. The third-order valence-electron chi connectivity index (χ3n) is 2.81. The maximum atomic E-state index is 11.6. The zero-order valence-corrected chi connectivity index (χ0v) is 10.6. The van der Waals surface area contributed by atoms with Crippen LogP contribution in [0.5, 0.6) is 0 Å². The predicted molar refractivity (Wildman–Crippen MR) is 73.1 cm³/mol. The van der Waals surface area contributed by atoms with Gasteiger partial charge >= 0.3 is 5.69 Å². The van der Waals surface area contributed by atoms with Crippen LogP contribution in [0.1, 0.15) is 5.56 Å². The zero-order chi connectivity index (χ0) is 14.7. The van der Waals surface area contributed by atoms with Crippen LogP contribution in [0.15, 0.2) is 40.1 Å². The summed E-state index contributed by atoms with van der Waals surface area (Å²) >= 11 is 0. The highest BCUT2D eigenvalue weighted by Gasteiger charge is 2.16. The van der Waals surface area contributed by atoms with E-state index >= 15 is 0 Å². The molecule has 0 aliphatic heterocycles. The minimum atomic E-state index is -0.564. The van der Waals surface area contributed by atoms with Crippen molar-refractivity contribution in [3.63, 3.8) is 0 Å². The van der Waals surface area contributed by atoms with Gasteiger partial charge < -0.3 is 5.32 Å². The molecule has 1 aromatic heterocycles. The second-order valence-electron chi connectivity index (χ2n) is 4.06. The van der Waals surface area contributed by atoms with Crippen LogP contribution in [-0.2, 0) is 6.54 Å². The topological polar surface area (TPSA) is 110 Å². The molecule has 20 heavy (non-hydrogen) atoms. The first kappa shape index (κ1) is 13.5. The van der Waals surface area contributed by atoms with Gasteiger partial charge in [-0.1, -0.05) is 12.1 Å². The molecule has 2 aromatic rings. The summed E-state index contributed by atoms with van der Waals surface area (Å²) in [5.74, 6) is 0. The highest BCUT2D eigenvalue weighted by atomic mass is 16.6. The van der Waals surface area contributed by atoms with Crippen molar-refractivity contribution >= 4 is 11.4 Å². The molecule has 0 saturated heterocycles. The van der Waals surface area contributed by atoms with Gasteiger partial charge in [0.05, 0.1) is 11.5 Å². The molecule has 2 N–H and O–H groups in total. The van der Waals surface area contributed by atoms with Crippen molar-refractivity contribution in [3.05, 3.63) is 67.0 Å². The summed E-state index contributed by atoms with van der Waals surface area (Å²) in [6.45, 7) is 0.119. The van der Waals surface area contributed by atoms with Crippen molar-refractivity contribution in [1.82, 2.24) is 9.55 Å². The van der Waals surface area contributed by atoms with Crippen molar-refractivity contribution in [3.8, 4) is 0 Å². The molecule has 8 nitrogen and oxygen atoms in total. The number of benzene rings is 1. The summed E-state index contributed by atoms with van der Waals surface area (Å²) in [5, 5.41) is 13.7. The Bertz CT molecular complexity index is 763. The van der Waals surface area contributed by atoms with E-state index in [-0.39, 0.29) is 12.2 Å². The number of rotatable bonds is 4. The average Bonchev–Trinajstić information content (AvgIpc) is 2.41. The number of anilines is 1. The van der Waals surface area contributed by atoms with Crippen LogP contribution in [0.25, 0.3) is 0 Å². The fourth-order valence-electron chi connectivity index (χ4n) is 1.91. The normalized spacial score (nSPS) is 10.2. The lowest BCUT2D eigenvalue weighted by Gasteiger charge is -2.10. The number of H-pyrrole nitrogens is 1. The zero-order valence-electron chi connectivity index (χ0n) is 10.6. The molecule has 0 unspecified atom stereocenters. The predicted octanol–water partition coefficient (Wildman–Crippen LogP) is 0.535. The Kier molecular flexibility index (Phi) is 3.65. The van der Waals surface area contributed by atoms with Crippen LogP contribution in [-0.4, -0.2) is 21.5 Å². The first-order chi connectivity index (χ1) is 9.52. The van der Waals surface area contributed by atoms with E-state index in [4.69, 9.17) is 0 Å². The Hall–Kier alpha value is -2.90. The number of nitrogens with one attached hydrogen (secondary N) is 2. The quantitative estimate of drug-likeness (QED) is 0.625. The van der Waals surface area contributed by atoms with E-state index in [1.54, 1.807) is 19.2 Å². The number of nitro benzene ring substituents is 1. The highest BCUT2D eigenvalue weighted by molar-refractivity contribution is 5.66. The van der Waals surface area contributed by atoms with E-state index < -0.39 is 16.2 Å². The van der Waals surface area contributed by atoms with Crippen LogP contribution < -0.4 is 16.6 Å². The molecule has 0 atom stereocenters. The molecular formula is C12H12N4O4. The van der Waals surface area contributed by atoms with Gasteiger partial charge in [-0.2, -0.15) is 0 Å². The van der Waals surface area contributed by atoms with Crippen LogP contribution in [0.2, 0.25) is 0 Å². The Labute approximate surface area is 112 Å². The van der Waals surface area contributed by atoms with E-state index in [0.717, 1.165) is 0 Å². The monoisotopic (exact) mass is 276 g/mol. The summed E-state index contributed by atoms with van der Waals surface area (Å²) in [6, 6.07) is 5.82. The Morgan fingerprint density at radius 3 is 2.70 bits per heavy atom. The van der Waals surface area contributed by atoms with Crippen molar-refractivity contribution < 1.29 is 4.92 Å². The number of para-hydroxylation sites is 1. The van der Waals surface area contributed by atoms with Gasteiger partial charge in [-0.3, -0.25) is 24.5 Å². The van der Waals surface area contributed by atoms with Crippen LogP contribution >= 0.6 is 0 Å². The molecule has 0 aliphatic carbocycles. The second-order valence-corrected chi connectivity index (χ2v) is 4.06. The standard InChI is InChI=1S/C12H12N4O4/c1-13-11-8(3-2-4-9(11)16(19)20)7-15-6-5-10(17)14-12(15)18/h2-6,13H,7H2,1H3,(H,14,17,18). The fraction of sp³-hybridized carbons (Fsp3) is 0.167. The largest absolute Gasteiger partial charge is 0.382 e. The lowest BCUT2D eigenvalue weighted by molar-refractivity contribution is -0.384. The minimum absolute atomic E-state index is 0.0672. The smallest absolute Gasteiger partial charge is 0.328 e. The molecule has 0 bridgehead atoms. The third-order valence-corrected chi connectivity index (χ3v) is 2.81. The van der Waals surface area contributed by atoms with Gasteiger partial charge in [0.2, 0.25) is 0 Å². The van der Waals surface area contributed by atoms with E-state index in [1.807, 2.05) is 0 Å². The number of nitrogens with zero attached hydrogens (tertiary/aromatic N) is 2. The van der Waals surface area contributed by atoms with E-state index in [2.05, 4.69) is 10.3 Å². The lowest BCUT2D eigenvalue weighted by Crippen LogP contribution is -2.29. The van der Waals surface area contributed by atoms with E-state index in [1.165, 1.54) is 22.9 Å². The highest BCUT2D eigenvalue weighted by Crippen LogP contribution is 2.27. The van der Waals surface area contributed by atoms with Crippen LogP contribution in [0.4, 0.5) is 11.4 Å². The molecule has 104 valence electrons. The van der Waals surface area contributed by atoms with Gasteiger partial charge in [0.1, 0.15) is 5.69 Å². The van der Waals surface area contributed by atoms with Crippen molar-refractivity contribution in [2.45, 2.75) is 6.54 Å². The molecule has 0 spiro atoms. The van der Waals surface area contributed by atoms with Gasteiger partial charge in [0.25, 0.3) is 11.2 Å². The number of hydrogen-bond acceptors (Lipinski definition) is 5. The molecule has 0 aliphatic rings. The number of hydrogen-bond donors (Lipinski definition) is 2. The molecule has 0 radical (unpaired) electrons. The maximum Gasteiger partial charge on any atom is 0.328 e. The molecule has 1 heterocycles. The van der Waals surface area contributed by atoms with Crippen molar-refractivity contribution in [2.75, 3.05) is 12.4 Å². The van der Waals surface area contributed by atoms with Gasteiger partial charge in [-0.25, -0.2) is 4.79 Å². The van der Waals surface area contributed by atoms with Crippen molar-refractivity contribution in [1.29, 1.82) is 0 Å². The molecule has 0 fully saturated rings. The second kappa shape index (κ2) is 5.39. The number of nitro groups is 1. The summed E-state index contributed by atoms with van der Waals surface area (Å²) < 4.78 is 1.27. The molecule has 1 aromatic carbocycles. The third kappa shape index (κ3) is 2.58. The van der Waals surface area contributed by atoms with Gasteiger partial charge in [0.15, 0.2) is 0 Å². The van der Waals surface area contributed by atoms with E-state index in [0.29, 0.717) is 11.3 Å². The first-order valence-electron chi connectivity index (χ1n) is 5.76. The van der Waals surface area contributed by atoms with E-state index in [9.17, 15) is 19.7 Å². The first-order valence-corrected chi connectivity index (χ1v) is 5.76. The SMILES string of the molecule is CNc1c(Cn2ccc(=O)[nH]c2=O)cccc1[N+](=O)[O-]. The summed E-state index contributed by atoms with van der Waals surface area (Å²) in [5.41, 5.74) is -0.195. The molecule has 2 rings (SSSR count). The summed E-state index contributed by atoms with van der Waals surface area (Å²) in [7, 11) is 1.57. The fourth-order valence-corrected chi connectivity index (χ4v) is 1.91. The lowest BCUT2D eigenvalue weighted by atomic mass is 10.1. The number of aromatic nitrogens is 2. The van der Waals surface area contributed by atoms with Gasteiger partial charge in [-0.15, -0.1) is 0 Å². The van der Waals surface area contributed by atoms with Crippen LogP contribution in [0, 0.1) is 10.1 Å². The summed E-state index contributed by atoms with van der Waals surface area (Å²) in [4.78, 5) is 35.2. The molecule has 8 heteroatoms. The minimum Gasteiger partial charge on any atom is -0.382 e. The molecule has 0 saturated carbocycles.